The van der Waals surface area contributed by atoms with Gasteiger partial charge in [0.2, 0.25) is 0 Å². The molecule has 1 aromatic carbocycles. The molecule has 0 saturated heterocycles. The van der Waals surface area contributed by atoms with Crippen LogP contribution in [-0.2, 0) is 0 Å². The quantitative estimate of drug-likeness (QED) is 0.812. The molecule has 2 nitrogen and oxygen atoms in total. The van der Waals surface area contributed by atoms with Crippen LogP contribution in [0.4, 0.5) is 0 Å². The average Bonchev–Trinajstić information content (AvgIpc) is 2.02. The van der Waals surface area contributed by atoms with Crippen LogP contribution in [0.15, 0.2) is 18.2 Å². The third-order valence-electron chi connectivity index (χ3n) is 1.57. The standard InChI is InChI=1S/C10H13ClO2/c1-7-3-4-10(9(11)5-7)13-6-8(2)12/h3-5,8,12H,6H2,1-2H3/t8-/m1/s1. The molecule has 0 bridgehead atoms. The third kappa shape index (κ3) is 3.25. The highest BCUT2D eigenvalue weighted by molar-refractivity contribution is 6.32. The number of hydrogen-bond donors (Lipinski definition) is 1. The molecule has 0 heterocycles. The molecule has 0 fully saturated rings. The molecule has 13 heavy (non-hydrogen) atoms. The summed E-state index contributed by atoms with van der Waals surface area (Å²) in [6, 6.07) is 5.56. The van der Waals surface area contributed by atoms with Gasteiger partial charge in [-0.15, -0.1) is 0 Å². The second-order valence-corrected chi connectivity index (χ2v) is 3.50. The van der Waals surface area contributed by atoms with Crippen molar-refractivity contribution in [2.24, 2.45) is 0 Å². The maximum atomic E-state index is 8.99. The Bertz CT molecular complexity index is 284. The number of halogens is 1. The van der Waals surface area contributed by atoms with Crippen LogP contribution < -0.4 is 4.74 Å². The van der Waals surface area contributed by atoms with Gasteiger partial charge in [0, 0.05) is 0 Å². The van der Waals surface area contributed by atoms with Crippen molar-refractivity contribution in [3.05, 3.63) is 28.8 Å². The lowest BCUT2D eigenvalue weighted by Gasteiger charge is -2.09. The van der Waals surface area contributed by atoms with Crippen LogP contribution in [0.3, 0.4) is 0 Å². The van der Waals surface area contributed by atoms with E-state index in [1.807, 2.05) is 19.1 Å². The molecule has 0 amide bonds. The zero-order valence-corrected chi connectivity index (χ0v) is 8.51. The molecule has 0 aliphatic rings. The number of aryl methyl sites for hydroxylation is 1. The highest BCUT2D eigenvalue weighted by atomic mass is 35.5. The minimum Gasteiger partial charge on any atom is -0.489 e. The van der Waals surface area contributed by atoms with E-state index in [-0.39, 0.29) is 6.61 Å². The molecule has 0 aromatic heterocycles. The number of benzene rings is 1. The Hall–Kier alpha value is -0.730. The first kappa shape index (κ1) is 10.4. The van der Waals surface area contributed by atoms with Gasteiger partial charge in [0.25, 0.3) is 0 Å². The monoisotopic (exact) mass is 200 g/mol. The van der Waals surface area contributed by atoms with Crippen molar-refractivity contribution in [3.63, 3.8) is 0 Å². The number of hydrogen-bond acceptors (Lipinski definition) is 2. The lowest BCUT2D eigenvalue weighted by molar-refractivity contribution is 0.123. The summed E-state index contributed by atoms with van der Waals surface area (Å²) in [7, 11) is 0. The molecule has 0 unspecified atom stereocenters. The summed E-state index contributed by atoms with van der Waals surface area (Å²) in [5.74, 6) is 0.619. The van der Waals surface area contributed by atoms with Crippen LogP contribution in [0.25, 0.3) is 0 Å². The van der Waals surface area contributed by atoms with Crippen molar-refractivity contribution in [3.8, 4) is 5.75 Å². The number of rotatable bonds is 3. The molecule has 1 N–H and O–H groups in total. The van der Waals surface area contributed by atoms with Crippen molar-refractivity contribution < 1.29 is 9.84 Å². The first-order valence-electron chi connectivity index (χ1n) is 4.16. The van der Waals surface area contributed by atoms with E-state index >= 15 is 0 Å². The second-order valence-electron chi connectivity index (χ2n) is 3.09. The van der Waals surface area contributed by atoms with Gasteiger partial charge < -0.3 is 9.84 Å². The van der Waals surface area contributed by atoms with Crippen LogP contribution in [0.2, 0.25) is 5.02 Å². The molecule has 1 rings (SSSR count). The fourth-order valence-corrected chi connectivity index (χ4v) is 1.22. The molecule has 0 saturated carbocycles. The van der Waals surface area contributed by atoms with Crippen molar-refractivity contribution in [1.29, 1.82) is 0 Å². The van der Waals surface area contributed by atoms with Crippen LogP contribution in [0, 0.1) is 6.92 Å². The lowest BCUT2D eigenvalue weighted by Crippen LogP contribution is -2.12. The Balaban J connectivity index is 2.67. The first-order chi connectivity index (χ1) is 6.09. The molecule has 72 valence electrons. The van der Waals surface area contributed by atoms with Gasteiger partial charge in [-0.3, -0.25) is 0 Å². The van der Waals surface area contributed by atoms with Crippen molar-refractivity contribution >= 4 is 11.6 Å². The van der Waals surface area contributed by atoms with Crippen LogP contribution in [0.1, 0.15) is 12.5 Å². The molecule has 1 atom stereocenters. The predicted molar refractivity (Wildman–Crippen MR) is 53.4 cm³/mol. The molecule has 0 aliphatic carbocycles. The van der Waals surface area contributed by atoms with Crippen molar-refractivity contribution in [1.82, 2.24) is 0 Å². The third-order valence-corrected chi connectivity index (χ3v) is 1.86. The van der Waals surface area contributed by atoms with Gasteiger partial charge >= 0.3 is 0 Å². The Morgan fingerprint density at radius 3 is 2.77 bits per heavy atom. The molecule has 0 spiro atoms. The lowest BCUT2D eigenvalue weighted by atomic mass is 10.2. The minimum absolute atomic E-state index is 0.267. The van der Waals surface area contributed by atoms with Gasteiger partial charge in [-0.05, 0) is 31.5 Å². The molecule has 0 aliphatic heterocycles. The summed E-state index contributed by atoms with van der Waals surface area (Å²) in [5.41, 5.74) is 1.09. The first-order valence-corrected chi connectivity index (χ1v) is 4.54. The van der Waals surface area contributed by atoms with Crippen molar-refractivity contribution in [2.75, 3.05) is 6.61 Å². The molecule has 1 aromatic rings. The molecular formula is C10H13ClO2. The van der Waals surface area contributed by atoms with E-state index in [2.05, 4.69) is 0 Å². The van der Waals surface area contributed by atoms with E-state index in [0.29, 0.717) is 10.8 Å². The minimum atomic E-state index is -0.475. The molecular weight excluding hydrogens is 188 g/mol. The fraction of sp³-hybridized carbons (Fsp3) is 0.400. The maximum absolute atomic E-state index is 8.99. The Morgan fingerprint density at radius 2 is 2.23 bits per heavy atom. The van der Waals surface area contributed by atoms with E-state index < -0.39 is 6.10 Å². The normalized spacial score (nSPS) is 12.6. The van der Waals surface area contributed by atoms with Crippen molar-refractivity contribution in [2.45, 2.75) is 20.0 Å². The number of aliphatic hydroxyl groups excluding tert-OH is 1. The van der Waals surface area contributed by atoms with Gasteiger partial charge in [-0.25, -0.2) is 0 Å². The van der Waals surface area contributed by atoms with Gasteiger partial charge in [-0.1, -0.05) is 17.7 Å². The number of aliphatic hydroxyl groups is 1. The van der Waals surface area contributed by atoms with Gasteiger partial charge in [0.15, 0.2) is 0 Å². The van der Waals surface area contributed by atoms with E-state index in [1.165, 1.54) is 0 Å². The van der Waals surface area contributed by atoms with Gasteiger partial charge in [-0.2, -0.15) is 0 Å². The SMILES string of the molecule is Cc1ccc(OC[C@@H](C)O)c(Cl)c1. The van der Waals surface area contributed by atoms with Crippen LogP contribution >= 0.6 is 11.6 Å². The largest absolute Gasteiger partial charge is 0.489 e. The van der Waals surface area contributed by atoms with E-state index in [4.69, 9.17) is 21.4 Å². The molecule has 3 heteroatoms. The predicted octanol–water partition coefficient (Wildman–Crippen LogP) is 2.41. The summed E-state index contributed by atoms with van der Waals surface area (Å²) in [4.78, 5) is 0. The zero-order valence-electron chi connectivity index (χ0n) is 7.75. The highest BCUT2D eigenvalue weighted by Gasteiger charge is 2.02. The van der Waals surface area contributed by atoms with E-state index in [1.54, 1.807) is 13.0 Å². The smallest absolute Gasteiger partial charge is 0.138 e. The highest BCUT2D eigenvalue weighted by Crippen LogP contribution is 2.25. The summed E-state index contributed by atoms with van der Waals surface area (Å²) in [6.07, 6.45) is -0.475. The summed E-state index contributed by atoms with van der Waals surface area (Å²) >= 11 is 5.91. The summed E-state index contributed by atoms with van der Waals surface area (Å²) < 4.78 is 5.27. The molecule has 0 radical (unpaired) electrons. The van der Waals surface area contributed by atoms with Gasteiger partial charge in [0.1, 0.15) is 12.4 Å². The van der Waals surface area contributed by atoms with Crippen LogP contribution in [-0.4, -0.2) is 17.8 Å². The Morgan fingerprint density at radius 1 is 1.54 bits per heavy atom. The van der Waals surface area contributed by atoms with E-state index in [9.17, 15) is 0 Å². The average molecular weight is 201 g/mol. The van der Waals surface area contributed by atoms with Gasteiger partial charge in [0.05, 0.1) is 11.1 Å². The fourth-order valence-electron chi connectivity index (χ4n) is 0.933. The number of ether oxygens (including phenoxy) is 1. The van der Waals surface area contributed by atoms with E-state index in [0.717, 1.165) is 5.56 Å². The van der Waals surface area contributed by atoms with Crippen LogP contribution in [0.5, 0.6) is 5.75 Å². The topological polar surface area (TPSA) is 29.5 Å². The summed E-state index contributed by atoms with van der Waals surface area (Å²) in [5, 5.41) is 9.58. The Kier molecular flexibility index (Phi) is 3.58. The maximum Gasteiger partial charge on any atom is 0.138 e. The zero-order chi connectivity index (χ0) is 9.84. The summed E-state index contributed by atoms with van der Waals surface area (Å²) in [6.45, 7) is 3.90. The Labute approximate surface area is 83.1 Å². The second kappa shape index (κ2) is 4.49.